The number of para-hydroxylation sites is 1. The number of benzene rings is 1. The van der Waals surface area contributed by atoms with E-state index in [1.165, 1.54) is 22.6 Å². The third-order valence-electron chi connectivity index (χ3n) is 3.59. The van der Waals surface area contributed by atoms with Gasteiger partial charge in [-0.15, -0.1) is 0 Å². The number of hydrogen-bond donors (Lipinski definition) is 2. The lowest BCUT2D eigenvalue weighted by Gasteiger charge is -2.07. The Hall–Kier alpha value is -1.77. The van der Waals surface area contributed by atoms with Crippen LogP contribution in [0.2, 0.25) is 0 Å². The molecule has 0 spiro atoms. The maximum atomic E-state index is 4.75. The van der Waals surface area contributed by atoms with Crippen LogP contribution in [0.25, 0.3) is 0 Å². The molecule has 1 aliphatic heterocycles. The van der Waals surface area contributed by atoms with E-state index in [0.29, 0.717) is 6.04 Å². The van der Waals surface area contributed by atoms with E-state index < -0.39 is 0 Å². The molecule has 3 rings (SSSR count). The van der Waals surface area contributed by atoms with E-state index in [0.717, 1.165) is 25.1 Å². The first-order valence-corrected chi connectivity index (χ1v) is 6.67. The van der Waals surface area contributed by atoms with Gasteiger partial charge in [-0.25, -0.2) is 4.98 Å². The van der Waals surface area contributed by atoms with Crippen molar-refractivity contribution in [3.63, 3.8) is 0 Å². The SMILES string of the molecule is CCCc1nc(C2Cc3ccccc3N2)[nH]c1C. The summed E-state index contributed by atoms with van der Waals surface area (Å²) in [5.41, 5.74) is 5.05. The molecule has 2 aromatic rings. The molecule has 2 N–H and O–H groups in total. The third-order valence-corrected chi connectivity index (χ3v) is 3.59. The fourth-order valence-electron chi connectivity index (χ4n) is 2.63. The van der Waals surface area contributed by atoms with Gasteiger partial charge in [0.1, 0.15) is 5.82 Å². The minimum absolute atomic E-state index is 0.298. The Morgan fingerprint density at radius 1 is 1.33 bits per heavy atom. The molecule has 1 aliphatic rings. The third kappa shape index (κ3) is 1.90. The molecule has 0 saturated carbocycles. The summed E-state index contributed by atoms with van der Waals surface area (Å²) in [5, 5.41) is 3.54. The number of imidazole rings is 1. The zero-order valence-corrected chi connectivity index (χ0v) is 11.0. The molecule has 0 bridgehead atoms. The molecule has 0 amide bonds. The highest BCUT2D eigenvalue weighted by molar-refractivity contribution is 5.57. The number of nitrogens with zero attached hydrogens (tertiary/aromatic N) is 1. The molecule has 18 heavy (non-hydrogen) atoms. The van der Waals surface area contributed by atoms with Crippen LogP contribution < -0.4 is 5.32 Å². The molecule has 2 heterocycles. The maximum Gasteiger partial charge on any atom is 0.129 e. The van der Waals surface area contributed by atoms with Gasteiger partial charge < -0.3 is 10.3 Å². The molecule has 1 aromatic carbocycles. The Morgan fingerprint density at radius 3 is 2.94 bits per heavy atom. The lowest BCUT2D eigenvalue weighted by atomic mass is 10.1. The van der Waals surface area contributed by atoms with Crippen LogP contribution in [-0.4, -0.2) is 9.97 Å². The lowest BCUT2D eigenvalue weighted by molar-refractivity contribution is 0.756. The van der Waals surface area contributed by atoms with Crippen molar-refractivity contribution in [3.8, 4) is 0 Å². The van der Waals surface area contributed by atoms with E-state index in [-0.39, 0.29) is 0 Å². The summed E-state index contributed by atoms with van der Waals surface area (Å²) >= 11 is 0. The second kappa shape index (κ2) is 4.48. The predicted molar refractivity (Wildman–Crippen MR) is 73.8 cm³/mol. The normalized spacial score (nSPS) is 17.6. The van der Waals surface area contributed by atoms with Gasteiger partial charge in [0.2, 0.25) is 0 Å². The smallest absolute Gasteiger partial charge is 0.129 e. The summed E-state index contributed by atoms with van der Waals surface area (Å²) in [5.74, 6) is 1.08. The van der Waals surface area contributed by atoms with Gasteiger partial charge >= 0.3 is 0 Å². The lowest BCUT2D eigenvalue weighted by Crippen LogP contribution is -2.07. The van der Waals surface area contributed by atoms with E-state index in [1.54, 1.807) is 0 Å². The van der Waals surface area contributed by atoms with Gasteiger partial charge in [0.05, 0.1) is 11.7 Å². The topological polar surface area (TPSA) is 40.7 Å². The minimum Gasteiger partial charge on any atom is -0.375 e. The van der Waals surface area contributed by atoms with Crippen LogP contribution in [0, 0.1) is 6.92 Å². The van der Waals surface area contributed by atoms with E-state index in [1.807, 2.05) is 0 Å². The number of aryl methyl sites for hydroxylation is 2. The van der Waals surface area contributed by atoms with Crippen molar-refractivity contribution in [2.24, 2.45) is 0 Å². The first-order valence-electron chi connectivity index (χ1n) is 6.67. The number of aromatic nitrogens is 2. The minimum atomic E-state index is 0.298. The van der Waals surface area contributed by atoms with Gasteiger partial charge in [0.25, 0.3) is 0 Å². The second-order valence-electron chi connectivity index (χ2n) is 5.00. The number of rotatable bonds is 3. The van der Waals surface area contributed by atoms with Crippen LogP contribution in [0.3, 0.4) is 0 Å². The summed E-state index contributed by atoms with van der Waals surface area (Å²) in [6, 6.07) is 8.79. The molecule has 1 atom stereocenters. The molecule has 3 heteroatoms. The van der Waals surface area contributed by atoms with Crippen molar-refractivity contribution in [3.05, 3.63) is 47.0 Å². The van der Waals surface area contributed by atoms with E-state index in [4.69, 9.17) is 4.98 Å². The molecule has 0 fully saturated rings. The summed E-state index contributed by atoms with van der Waals surface area (Å²) in [6.45, 7) is 4.31. The summed E-state index contributed by atoms with van der Waals surface area (Å²) in [4.78, 5) is 8.18. The van der Waals surface area contributed by atoms with Crippen LogP contribution in [0.1, 0.15) is 42.2 Å². The van der Waals surface area contributed by atoms with E-state index in [2.05, 4.69) is 48.4 Å². The molecular formula is C15H19N3. The number of nitrogens with one attached hydrogen (secondary N) is 2. The zero-order valence-electron chi connectivity index (χ0n) is 11.0. The van der Waals surface area contributed by atoms with Crippen molar-refractivity contribution >= 4 is 5.69 Å². The molecule has 0 aliphatic carbocycles. The van der Waals surface area contributed by atoms with Crippen LogP contribution >= 0.6 is 0 Å². The van der Waals surface area contributed by atoms with Crippen LogP contribution in [0.15, 0.2) is 24.3 Å². The van der Waals surface area contributed by atoms with Gasteiger partial charge in [0.15, 0.2) is 0 Å². The Labute approximate surface area is 108 Å². The van der Waals surface area contributed by atoms with Crippen molar-refractivity contribution in [1.82, 2.24) is 9.97 Å². The number of hydrogen-bond acceptors (Lipinski definition) is 2. The van der Waals surface area contributed by atoms with Crippen LogP contribution in [0.4, 0.5) is 5.69 Å². The van der Waals surface area contributed by atoms with Gasteiger partial charge in [-0.3, -0.25) is 0 Å². The van der Waals surface area contributed by atoms with Crippen molar-refractivity contribution in [2.75, 3.05) is 5.32 Å². The predicted octanol–water partition coefficient (Wildman–Crippen LogP) is 3.38. The number of anilines is 1. The van der Waals surface area contributed by atoms with Gasteiger partial charge in [-0.1, -0.05) is 31.5 Å². The first kappa shape index (κ1) is 11.3. The number of aromatic amines is 1. The highest BCUT2D eigenvalue weighted by Gasteiger charge is 2.24. The van der Waals surface area contributed by atoms with Crippen molar-refractivity contribution in [1.29, 1.82) is 0 Å². The largest absolute Gasteiger partial charge is 0.375 e. The quantitative estimate of drug-likeness (QED) is 0.865. The fraction of sp³-hybridized carbons (Fsp3) is 0.400. The van der Waals surface area contributed by atoms with Crippen molar-refractivity contribution in [2.45, 2.75) is 39.2 Å². The summed E-state index contributed by atoms with van der Waals surface area (Å²) in [7, 11) is 0. The summed E-state index contributed by atoms with van der Waals surface area (Å²) < 4.78 is 0. The monoisotopic (exact) mass is 241 g/mol. The van der Waals surface area contributed by atoms with Gasteiger partial charge in [0, 0.05) is 17.8 Å². The molecule has 1 unspecified atom stereocenters. The van der Waals surface area contributed by atoms with Crippen LogP contribution in [-0.2, 0) is 12.8 Å². The fourth-order valence-corrected chi connectivity index (χ4v) is 2.63. The average Bonchev–Trinajstić information content (AvgIpc) is 2.94. The second-order valence-corrected chi connectivity index (χ2v) is 5.00. The molecular weight excluding hydrogens is 222 g/mol. The Kier molecular flexibility index (Phi) is 2.82. The van der Waals surface area contributed by atoms with E-state index in [9.17, 15) is 0 Å². The highest BCUT2D eigenvalue weighted by atomic mass is 15.0. The Bertz CT molecular complexity index is 532. The first-order chi connectivity index (χ1) is 8.78. The molecule has 3 nitrogen and oxygen atoms in total. The van der Waals surface area contributed by atoms with Gasteiger partial charge in [-0.2, -0.15) is 0 Å². The molecule has 94 valence electrons. The maximum absolute atomic E-state index is 4.75. The number of H-pyrrole nitrogens is 1. The van der Waals surface area contributed by atoms with Crippen LogP contribution in [0.5, 0.6) is 0 Å². The van der Waals surface area contributed by atoms with Gasteiger partial charge in [-0.05, 0) is 25.0 Å². The van der Waals surface area contributed by atoms with Crippen molar-refractivity contribution < 1.29 is 0 Å². The average molecular weight is 241 g/mol. The molecule has 1 aromatic heterocycles. The molecule has 0 saturated heterocycles. The standard InChI is InChI=1S/C15H19N3/c1-3-6-12-10(2)16-15(18-12)14-9-11-7-4-5-8-13(11)17-14/h4-5,7-8,14,17H,3,6,9H2,1-2H3,(H,16,18). The zero-order chi connectivity index (χ0) is 12.5. The summed E-state index contributed by atoms with van der Waals surface area (Å²) in [6.07, 6.45) is 3.22. The Balaban J connectivity index is 1.84. The van der Waals surface area contributed by atoms with E-state index >= 15 is 0 Å². The highest BCUT2D eigenvalue weighted by Crippen LogP contribution is 2.32. The Morgan fingerprint density at radius 2 is 2.17 bits per heavy atom. The number of fused-ring (bicyclic) bond motifs is 1. The molecule has 0 radical (unpaired) electrons.